The summed E-state index contributed by atoms with van der Waals surface area (Å²) in [6, 6.07) is 7.71. The van der Waals surface area contributed by atoms with E-state index in [4.69, 9.17) is 17.1 Å². The molecule has 1 aromatic rings. The van der Waals surface area contributed by atoms with E-state index >= 15 is 0 Å². The van der Waals surface area contributed by atoms with E-state index in [9.17, 15) is 4.79 Å². The van der Waals surface area contributed by atoms with Crippen LogP contribution in [0.3, 0.4) is 0 Å². The van der Waals surface area contributed by atoms with Gasteiger partial charge in [-0.25, -0.2) is 0 Å². The first kappa shape index (κ1) is 14.4. The van der Waals surface area contributed by atoms with E-state index in [1.165, 1.54) is 5.54 Å². The maximum atomic E-state index is 12.6. The summed E-state index contributed by atoms with van der Waals surface area (Å²) < 4.78 is 0. The molecule has 1 aromatic carbocycles. The SMILES string of the molecule is Cc1ccc(N2CC(=CCl)C(C)(CN=[N+]=[N-])C2=O)cc1. The lowest BCUT2D eigenvalue weighted by Gasteiger charge is -2.22. The van der Waals surface area contributed by atoms with Gasteiger partial charge in [0, 0.05) is 29.2 Å². The average Bonchev–Trinajstić information content (AvgIpc) is 2.70. The van der Waals surface area contributed by atoms with E-state index in [-0.39, 0.29) is 12.5 Å². The molecule has 0 spiro atoms. The van der Waals surface area contributed by atoms with Gasteiger partial charge in [0.05, 0.1) is 5.41 Å². The van der Waals surface area contributed by atoms with Crippen LogP contribution in [-0.2, 0) is 4.79 Å². The molecule has 1 amide bonds. The smallest absolute Gasteiger partial charge is 0.237 e. The van der Waals surface area contributed by atoms with Crippen LogP contribution in [-0.4, -0.2) is 19.0 Å². The Morgan fingerprint density at radius 1 is 1.50 bits per heavy atom. The highest BCUT2D eigenvalue weighted by molar-refractivity contribution is 6.26. The first-order chi connectivity index (χ1) is 9.52. The minimum absolute atomic E-state index is 0.0727. The predicted molar refractivity (Wildman–Crippen MR) is 79.6 cm³/mol. The Labute approximate surface area is 122 Å². The number of amides is 1. The van der Waals surface area contributed by atoms with E-state index in [1.54, 1.807) is 11.8 Å². The summed E-state index contributed by atoms with van der Waals surface area (Å²) in [5.41, 5.74) is 11.7. The normalized spacial score (nSPS) is 24.1. The Hall–Kier alpha value is -1.97. The molecule has 1 fully saturated rings. The lowest BCUT2D eigenvalue weighted by atomic mass is 9.85. The molecule has 0 aromatic heterocycles. The van der Waals surface area contributed by atoms with E-state index in [1.807, 2.05) is 31.2 Å². The third-order valence-corrected chi connectivity index (χ3v) is 3.95. The van der Waals surface area contributed by atoms with Crippen molar-refractivity contribution in [1.82, 2.24) is 0 Å². The summed E-state index contributed by atoms with van der Waals surface area (Å²) in [7, 11) is 0. The molecule has 0 aliphatic carbocycles. The molecule has 20 heavy (non-hydrogen) atoms. The van der Waals surface area contributed by atoms with Crippen molar-refractivity contribution in [1.29, 1.82) is 0 Å². The minimum Gasteiger partial charge on any atom is -0.308 e. The summed E-state index contributed by atoms with van der Waals surface area (Å²) in [4.78, 5) is 17.0. The number of carbonyl (C=O) groups is 1. The molecule has 1 heterocycles. The van der Waals surface area contributed by atoms with E-state index < -0.39 is 5.41 Å². The van der Waals surface area contributed by atoms with Gasteiger partial charge < -0.3 is 4.90 Å². The van der Waals surface area contributed by atoms with Crippen molar-refractivity contribution < 1.29 is 4.79 Å². The van der Waals surface area contributed by atoms with E-state index in [0.717, 1.165) is 16.8 Å². The number of azide groups is 1. The molecular formula is C14H15ClN4O. The molecular weight excluding hydrogens is 276 g/mol. The molecule has 6 heteroatoms. The second-order valence-corrected chi connectivity index (χ2v) is 5.30. The standard InChI is InChI=1S/C14H15ClN4O/c1-10-3-5-12(6-4-10)19-8-11(7-15)14(2,13(19)20)9-17-18-16/h3-7H,8-9H2,1-2H3. The zero-order valence-electron chi connectivity index (χ0n) is 11.4. The van der Waals surface area contributed by atoms with Gasteiger partial charge in [-0.05, 0) is 37.1 Å². The molecule has 0 N–H and O–H groups in total. The van der Waals surface area contributed by atoms with Crippen molar-refractivity contribution in [3.63, 3.8) is 0 Å². The van der Waals surface area contributed by atoms with Crippen molar-refractivity contribution in [3.8, 4) is 0 Å². The third-order valence-electron chi connectivity index (χ3n) is 3.68. The predicted octanol–water partition coefficient (Wildman–Crippen LogP) is 3.78. The van der Waals surface area contributed by atoms with Crippen LogP contribution >= 0.6 is 11.6 Å². The van der Waals surface area contributed by atoms with Crippen molar-refractivity contribution in [2.24, 2.45) is 10.5 Å². The van der Waals surface area contributed by atoms with Gasteiger partial charge in [-0.2, -0.15) is 0 Å². The van der Waals surface area contributed by atoms with Gasteiger partial charge in [-0.15, -0.1) is 0 Å². The molecule has 1 aliphatic heterocycles. The maximum absolute atomic E-state index is 12.6. The van der Waals surface area contributed by atoms with Crippen LogP contribution in [0.1, 0.15) is 12.5 Å². The summed E-state index contributed by atoms with van der Waals surface area (Å²) >= 11 is 5.84. The number of halogens is 1. The molecule has 0 saturated carbocycles. The van der Waals surface area contributed by atoms with Crippen LogP contribution in [0.25, 0.3) is 10.4 Å². The molecule has 0 radical (unpaired) electrons. The highest BCUT2D eigenvalue weighted by atomic mass is 35.5. The van der Waals surface area contributed by atoms with E-state index in [0.29, 0.717) is 6.54 Å². The Balaban J connectivity index is 2.38. The number of rotatable bonds is 3. The third kappa shape index (κ3) is 2.38. The number of hydrogen-bond donors (Lipinski definition) is 0. The first-order valence-corrected chi connectivity index (χ1v) is 6.66. The Bertz CT molecular complexity index is 604. The second-order valence-electron chi connectivity index (χ2n) is 5.08. The molecule has 1 aliphatic rings. The molecule has 0 bridgehead atoms. The molecule has 5 nitrogen and oxygen atoms in total. The van der Waals surface area contributed by atoms with Crippen LogP contribution in [0, 0.1) is 12.3 Å². The number of nitrogens with zero attached hydrogens (tertiary/aromatic N) is 4. The summed E-state index contributed by atoms with van der Waals surface area (Å²) in [5, 5.41) is 3.55. The van der Waals surface area contributed by atoms with Gasteiger partial charge in [0.25, 0.3) is 0 Å². The zero-order valence-corrected chi connectivity index (χ0v) is 12.1. The molecule has 1 unspecified atom stereocenters. The Morgan fingerprint density at radius 3 is 2.70 bits per heavy atom. The van der Waals surface area contributed by atoms with Crippen molar-refractivity contribution in [2.45, 2.75) is 13.8 Å². The van der Waals surface area contributed by atoms with Gasteiger partial charge in [-0.1, -0.05) is 34.4 Å². The van der Waals surface area contributed by atoms with Crippen LogP contribution < -0.4 is 4.90 Å². The largest absolute Gasteiger partial charge is 0.308 e. The highest BCUT2D eigenvalue weighted by Gasteiger charge is 2.46. The van der Waals surface area contributed by atoms with Gasteiger partial charge in [0.1, 0.15) is 0 Å². The number of anilines is 1. The van der Waals surface area contributed by atoms with Gasteiger partial charge in [0.2, 0.25) is 5.91 Å². The fourth-order valence-electron chi connectivity index (χ4n) is 2.28. The van der Waals surface area contributed by atoms with E-state index in [2.05, 4.69) is 10.0 Å². The van der Waals surface area contributed by atoms with Gasteiger partial charge >= 0.3 is 0 Å². The van der Waals surface area contributed by atoms with Crippen LogP contribution in [0.15, 0.2) is 40.5 Å². The summed E-state index contributed by atoms with van der Waals surface area (Å²) in [6.45, 7) is 4.24. The van der Waals surface area contributed by atoms with Crippen molar-refractivity contribution >= 4 is 23.2 Å². The summed E-state index contributed by atoms with van der Waals surface area (Å²) in [6.07, 6.45) is 0. The quantitative estimate of drug-likeness (QED) is 0.474. The molecule has 1 atom stereocenters. The van der Waals surface area contributed by atoms with Crippen LogP contribution in [0.2, 0.25) is 0 Å². The monoisotopic (exact) mass is 290 g/mol. The topological polar surface area (TPSA) is 69.1 Å². The fraction of sp³-hybridized carbons (Fsp3) is 0.357. The highest BCUT2D eigenvalue weighted by Crippen LogP contribution is 2.39. The maximum Gasteiger partial charge on any atom is 0.237 e. The van der Waals surface area contributed by atoms with Crippen LogP contribution in [0.4, 0.5) is 5.69 Å². The first-order valence-electron chi connectivity index (χ1n) is 6.22. The number of aryl methyl sites for hydroxylation is 1. The fourth-order valence-corrected chi connectivity index (χ4v) is 2.59. The lowest BCUT2D eigenvalue weighted by Crippen LogP contribution is -2.34. The zero-order chi connectivity index (χ0) is 14.8. The Morgan fingerprint density at radius 2 is 2.15 bits per heavy atom. The number of hydrogen-bond acceptors (Lipinski definition) is 2. The Kier molecular flexibility index (Phi) is 4.02. The lowest BCUT2D eigenvalue weighted by molar-refractivity contribution is -0.123. The second kappa shape index (κ2) is 5.57. The average molecular weight is 291 g/mol. The van der Waals surface area contributed by atoms with Gasteiger partial charge in [0.15, 0.2) is 0 Å². The van der Waals surface area contributed by atoms with Crippen molar-refractivity contribution in [2.75, 3.05) is 18.0 Å². The molecule has 2 rings (SSSR count). The molecule has 1 saturated heterocycles. The van der Waals surface area contributed by atoms with Crippen molar-refractivity contribution in [3.05, 3.63) is 51.4 Å². The minimum atomic E-state index is -0.862. The number of carbonyl (C=O) groups excluding carboxylic acids is 1. The molecule has 104 valence electrons. The number of benzene rings is 1. The summed E-state index contributed by atoms with van der Waals surface area (Å²) in [5.74, 6) is -0.0966. The van der Waals surface area contributed by atoms with Crippen LogP contribution in [0.5, 0.6) is 0 Å². The van der Waals surface area contributed by atoms with Gasteiger partial charge in [-0.3, -0.25) is 4.79 Å².